The van der Waals surface area contributed by atoms with Crippen LogP contribution in [0.25, 0.3) is 0 Å². The third-order valence-electron chi connectivity index (χ3n) is 5.71. The second-order valence-electron chi connectivity index (χ2n) is 7.93. The first-order valence-electron chi connectivity index (χ1n) is 9.54. The van der Waals surface area contributed by atoms with Gasteiger partial charge in [0.2, 0.25) is 15.9 Å². The van der Waals surface area contributed by atoms with E-state index in [4.69, 9.17) is 0 Å². The molecule has 27 heavy (non-hydrogen) atoms. The molecule has 2 saturated heterocycles. The Labute approximate surface area is 160 Å². The van der Waals surface area contributed by atoms with Crippen molar-refractivity contribution in [3.05, 3.63) is 30.1 Å². The maximum Gasteiger partial charge on any atom is 0.243 e. The monoisotopic (exact) mass is 397 g/mol. The van der Waals surface area contributed by atoms with Crippen LogP contribution in [0.1, 0.15) is 32.6 Å². The van der Waals surface area contributed by atoms with Crippen molar-refractivity contribution in [2.24, 2.45) is 11.3 Å². The fourth-order valence-corrected chi connectivity index (χ4v) is 5.31. The SMILES string of the molecule is CC1(CNC(=O)C2CCCN(S(=O)(=O)c3ccc(F)cc3)C2)CCNCC1. The number of nitrogens with zero attached hydrogens (tertiary/aromatic N) is 1. The van der Waals surface area contributed by atoms with Gasteiger partial charge in [-0.3, -0.25) is 4.79 Å². The van der Waals surface area contributed by atoms with Crippen LogP contribution in [0.4, 0.5) is 4.39 Å². The maximum absolute atomic E-state index is 13.1. The normalized spacial score (nSPS) is 23.7. The van der Waals surface area contributed by atoms with E-state index in [1.165, 1.54) is 16.4 Å². The van der Waals surface area contributed by atoms with Gasteiger partial charge in [0.05, 0.1) is 10.8 Å². The summed E-state index contributed by atoms with van der Waals surface area (Å²) in [7, 11) is -3.71. The average Bonchev–Trinajstić information content (AvgIpc) is 2.67. The number of amides is 1. The molecule has 1 unspecified atom stereocenters. The standard InChI is InChI=1S/C19H28FN3O3S/c1-19(8-10-21-11-9-19)14-22-18(24)15-3-2-12-23(13-15)27(25,26)17-6-4-16(20)5-7-17/h4-7,15,21H,2-3,8-14H2,1H3,(H,22,24). The lowest BCUT2D eigenvalue weighted by Crippen LogP contribution is -2.48. The van der Waals surface area contributed by atoms with Crippen molar-refractivity contribution in [2.45, 2.75) is 37.5 Å². The number of sulfonamides is 1. The molecule has 1 aromatic carbocycles. The Morgan fingerprint density at radius 3 is 2.63 bits per heavy atom. The highest BCUT2D eigenvalue weighted by Crippen LogP contribution is 2.28. The molecule has 2 aliphatic heterocycles. The number of carbonyl (C=O) groups is 1. The van der Waals surface area contributed by atoms with E-state index in [-0.39, 0.29) is 28.7 Å². The summed E-state index contributed by atoms with van der Waals surface area (Å²) in [5, 5.41) is 6.37. The quantitative estimate of drug-likeness (QED) is 0.793. The van der Waals surface area contributed by atoms with Gasteiger partial charge < -0.3 is 10.6 Å². The van der Waals surface area contributed by atoms with Crippen LogP contribution in [0, 0.1) is 17.2 Å². The number of nitrogens with one attached hydrogen (secondary N) is 2. The van der Waals surface area contributed by atoms with Crippen molar-refractivity contribution in [3.8, 4) is 0 Å². The van der Waals surface area contributed by atoms with Gasteiger partial charge in [0.15, 0.2) is 0 Å². The summed E-state index contributed by atoms with van der Waals surface area (Å²) < 4.78 is 40.0. The van der Waals surface area contributed by atoms with Crippen molar-refractivity contribution >= 4 is 15.9 Å². The van der Waals surface area contributed by atoms with Gasteiger partial charge in [-0.05, 0) is 68.5 Å². The summed E-state index contributed by atoms with van der Waals surface area (Å²) in [4.78, 5) is 12.7. The molecule has 1 amide bonds. The van der Waals surface area contributed by atoms with Crippen molar-refractivity contribution in [2.75, 3.05) is 32.7 Å². The van der Waals surface area contributed by atoms with Crippen molar-refractivity contribution < 1.29 is 17.6 Å². The first-order valence-corrected chi connectivity index (χ1v) is 11.0. The zero-order chi connectivity index (χ0) is 19.5. The molecule has 2 heterocycles. The fraction of sp³-hybridized carbons (Fsp3) is 0.632. The van der Waals surface area contributed by atoms with Crippen LogP contribution in [0.15, 0.2) is 29.2 Å². The topological polar surface area (TPSA) is 78.5 Å². The van der Waals surface area contributed by atoms with Gasteiger partial charge in [-0.1, -0.05) is 6.92 Å². The Morgan fingerprint density at radius 1 is 1.30 bits per heavy atom. The zero-order valence-corrected chi connectivity index (χ0v) is 16.5. The van der Waals surface area contributed by atoms with Crippen molar-refractivity contribution in [3.63, 3.8) is 0 Å². The third kappa shape index (κ3) is 4.86. The van der Waals surface area contributed by atoms with Crippen LogP contribution in [-0.2, 0) is 14.8 Å². The van der Waals surface area contributed by atoms with Crippen LogP contribution in [0.5, 0.6) is 0 Å². The van der Waals surface area contributed by atoms with Gasteiger partial charge in [0, 0.05) is 19.6 Å². The number of halogens is 1. The van der Waals surface area contributed by atoms with E-state index in [1.54, 1.807) is 0 Å². The molecule has 8 heteroatoms. The molecule has 6 nitrogen and oxygen atoms in total. The molecule has 2 fully saturated rings. The zero-order valence-electron chi connectivity index (χ0n) is 15.7. The molecular weight excluding hydrogens is 369 g/mol. The summed E-state index contributed by atoms with van der Waals surface area (Å²) >= 11 is 0. The Morgan fingerprint density at radius 2 is 1.96 bits per heavy atom. The van der Waals surface area contributed by atoms with Gasteiger partial charge in [-0.25, -0.2) is 12.8 Å². The second kappa shape index (κ2) is 8.24. The van der Waals surface area contributed by atoms with E-state index in [2.05, 4.69) is 17.6 Å². The molecule has 2 N–H and O–H groups in total. The van der Waals surface area contributed by atoms with Crippen LogP contribution in [0.2, 0.25) is 0 Å². The molecule has 0 aromatic heterocycles. The van der Waals surface area contributed by atoms with Crippen LogP contribution < -0.4 is 10.6 Å². The molecule has 0 aliphatic carbocycles. The van der Waals surface area contributed by atoms with Crippen LogP contribution in [0.3, 0.4) is 0 Å². The lowest BCUT2D eigenvalue weighted by Gasteiger charge is -2.35. The van der Waals surface area contributed by atoms with E-state index < -0.39 is 15.8 Å². The molecule has 0 radical (unpaired) electrons. The van der Waals surface area contributed by atoms with E-state index in [1.807, 2.05) is 0 Å². The predicted molar refractivity (Wildman–Crippen MR) is 101 cm³/mol. The van der Waals surface area contributed by atoms with Crippen molar-refractivity contribution in [1.29, 1.82) is 0 Å². The fourth-order valence-electron chi connectivity index (χ4n) is 3.78. The van der Waals surface area contributed by atoms with Crippen LogP contribution >= 0.6 is 0 Å². The third-order valence-corrected chi connectivity index (χ3v) is 7.59. The summed E-state index contributed by atoms with van der Waals surface area (Å²) in [6.07, 6.45) is 3.35. The molecular formula is C19H28FN3O3S. The average molecular weight is 398 g/mol. The molecule has 150 valence electrons. The lowest BCUT2D eigenvalue weighted by atomic mass is 9.81. The van der Waals surface area contributed by atoms with E-state index in [0.29, 0.717) is 25.9 Å². The number of carbonyl (C=O) groups excluding carboxylic acids is 1. The largest absolute Gasteiger partial charge is 0.355 e. The Kier molecular flexibility index (Phi) is 6.18. The summed E-state index contributed by atoms with van der Waals surface area (Å²) in [6.45, 7) is 5.27. The second-order valence-corrected chi connectivity index (χ2v) is 9.87. The highest BCUT2D eigenvalue weighted by Gasteiger charge is 2.34. The predicted octanol–water partition coefficient (Wildman–Crippen LogP) is 1.73. The minimum atomic E-state index is -3.71. The summed E-state index contributed by atoms with van der Waals surface area (Å²) in [5.74, 6) is -0.899. The molecule has 1 aromatic rings. The Hall–Kier alpha value is -1.51. The number of rotatable bonds is 5. The van der Waals surface area contributed by atoms with Gasteiger partial charge in [-0.15, -0.1) is 0 Å². The Bertz CT molecular complexity index is 761. The van der Waals surface area contributed by atoms with Gasteiger partial charge in [0.25, 0.3) is 0 Å². The molecule has 0 bridgehead atoms. The number of piperidine rings is 2. The Balaban J connectivity index is 1.61. The van der Waals surface area contributed by atoms with Gasteiger partial charge in [-0.2, -0.15) is 4.31 Å². The molecule has 0 saturated carbocycles. The highest BCUT2D eigenvalue weighted by atomic mass is 32.2. The van der Waals surface area contributed by atoms with E-state index in [9.17, 15) is 17.6 Å². The molecule has 3 rings (SSSR count). The van der Waals surface area contributed by atoms with Gasteiger partial charge >= 0.3 is 0 Å². The molecule has 0 spiro atoms. The summed E-state index contributed by atoms with van der Waals surface area (Å²) in [5.41, 5.74) is 0.0927. The minimum Gasteiger partial charge on any atom is -0.355 e. The van der Waals surface area contributed by atoms with Gasteiger partial charge in [0.1, 0.15) is 5.82 Å². The molecule has 1 atom stereocenters. The number of hydrogen-bond donors (Lipinski definition) is 2. The first kappa shape index (κ1) is 20.2. The van der Waals surface area contributed by atoms with E-state index in [0.717, 1.165) is 38.1 Å². The summed E-state index contributed by atoms with van der Waals surface area (Å²) in [6, 6.07) is 4.82. The number of benzene rings is 1. The smallest absolute Gasteiger partial charge is 0.243 e. The first-order chi connectivity index (χ1) is 12.8. The number of hydrogen-bond acceptors (Lipinski definition) is 4. The minimum absolute atomic E-state index is 0.0622. The van der Waals surface area contributed by atoms with Crippen LogP contribution in [-0.4, -0.2) is 51.4 Å². The van der Waals surface area contributed by atoms with E-state index >= 15 is 0 Å². The maximum atomic E-state index is 13.1. The molecule has 2 aliphatic rings. The highest BCUT2D eigenvalue weighted by molar-refractivity contribution is 7.89. The van der Waals surface area contributed by atoms with Crippen molar-refractivity contribution in [1.82, 2.24) is 14.9 Å². The lowest BCUT2D eigenvalue weighted by molar-refractivity contribution is -0.126.